The summed E-state index contributed by atoms with van der Waals surface area (Å²) in [5.74, 6) is -0.0559. The van der Waals surface area contributed by atoms with E-state index in [4.69, 9.17) is 11.6 Å². The molecular weight excluding hydrogens is 302 g/mol. The molecule has 0 unspecified atom stereocenters. The Balaban J connectivity index is 1.53. The van der Waals surface area contributed by atoms with Gasteiger partial charge in [-0.3, -0.25) is 14.5 Å². The lowest BCUT2D eigenvalue weighted by molar-refractivity contribution is -1.02. The van der Waals surface area contributed by atoms with Gasteiger partial charge in [0.25, 0.3) is 5.91 Å². The van der Waals surface area contributed by atoms with Crippen LogP contribution in [0.5, 0.6) is 0 Å². The molecule has 22 heavy (non-hydrogen) atoms. The molecule has 2 N–H and O–H groups in total. The Labute approximate surface area is 135 Å². The van der Waals surface area contributed by atoms with E-state index in [1.807, 2.05) is 12.1 Å². The number of carbonyl (C=O) groups excluding carboxylic acids is 2. The third-order valence-corrected chi connectivity index (χ3v) is 5.09. The highest BCUT2D eigenvalue weighted by molar-refractivity contribution is 6.30. The average molecular weight is 324 g/mol. The molecule has 2 amide bonds. The molecule has 0 aromatic heterocycles. The van der Waals surface area contributed by atoms with Crippen LogP contribution in [0.1, 0.15) is 12.0 Å². The van der Waals surface area contributed by atoms with Crippen molar-refractivity contribution in [2.24, 2.45) is 0 Å². The van der Waals surface area contributed by atoms with Crippen LogP contribution in [0.25, 0.3) is 0 Å². The van der Waals surface area contributed by atoms with Crippen LogP contribution in [-0.2, 0) is 16.1 Å². The van der Waals surface area contributed by atoms with Gasteiger partial charge in [0.05, 0.1) is 6.42 Å². The number of halogens is 1. The quantitative estimate of drug-likeness (QED) is 0.657. The number of likely N-dealkylation sites (tertiary alicyclic amines) is 1. The summed E-state index contributed by atoms with van der Waals surface area (Å²) < 4.78 is 0. The van der Waals surface area contributed by atoms with E-state index in [0.29, 0.717) is 6.42 Å². The van der Waals surface area contributed by atoms with Crippen LogP contribution in [0.4, 0.5) is 0 Å². The average Bonchev–Trinajstić information content (AvgIpc) is 2.78. The van der Waals surface area contributed by atoms with E-state index in [2.05, 4.69) is 12.1 Å². The Bertz CT molecular complexity index is 567. The molecule has 2 heterocycles. The molecule has 1 aromatic rings. The van der Waals surface area contributed by atoms with E-state index in [0.717, 1.165) is 37.7 Å². The lowest BCUT2D eigenvalue weighted by atomic mass is 10.1. The second kappa shape index (κ2) is 6.36. The summed E-state index contributed by atoms with van der Waals surface area (Å²) in [5, 5.41) is 0.765. The zero-order chi connectivity index (χ0) is 15.7. The number of amides is 2. The Morgan fingerprint density at radius 2 is 1.77 bits per heavy atom. The van der Waals surface area contributed by atoms with Gasteiger partial charge in [0.2, 0.25) is 5.91 Å². The van der Waals surface area contributed by atoms with Crippen molar-refractivity contribution in [3.8, 4) is 0 Å². The highest BCUT2D eigenvalue weighted by Gasteiger charge is 2.44. The maximum absolute atomic E-state index is 12.1. The summed E-state index contributed by atoms with van der Waals surface area (Å²) in [4.78, 5) is 27.8. The van der Waals surface area contributed by atoms with E-state index in [1.54, 1.807) is 7.05 Å². The summed E-state index contributed by atoms with van der Waals surface area (Å²) in [5.41, 5.74) is 1.29. The standard InChI is InChI=1S/C16H20ClN3O2/c1-18-15(21)10-14(16(18)22)20-8-6-19(7-9-20)11-12-2-4-13(17)5-3-12/h2-5,14H,6-11H2,1H3/p+2/t14-/m1/s1. The van der Waals surface area contributed by atoms with Gasteiger partial charge in [-0.2, -0.15) is 0 Å². The molecule has 5 nitrogen and oxygen atoms in total. The zero-order valence-electron chi connectivity index (χ0n) is 12.8. The van der Waals surface area contributed by atoms with E-state index in [-0.39, 0.29) is 17.9 Å². The van der Waals surface area contributed by atoms with Crippen molar-refractivity contribution in [1.29, 1.82) is 0 Å². The Hall–Kier alpha value is -1.43. The van der Waals surface area contributed by atoms with Crippen LogP contribution in [-0.4, -0.2) is 56.0 Å². The normalized spacial score (nSPS) is 29.2. The van der Waals surface area contributed by atoms with E-state index >= 15 is 0 Å². The van der Waals surface area contributed by atoms with Gasteiger partial charge in [-0.1, -0.05) is 23.7 Å². The minimum absolute atomic E-state index is 0.0128. The van der Waals surface area contributed by atoms with Crippen molar-refractivity contribution in [3.05, 3.63) is 34.9 Å². The van der Waals surface area contributed by atoms with Crippen LogP contribution in [0, 0.1) is 0 Å². The first kappa shape index (κ1) is 15.5. The summed E-state index contributed by atoms with van der Waals surface area (Å²) in [6.45, 7) is 4.93. The van der Waals surface area contributed by atoms with Gasteiger partial charge in [-0.05, 0) is 12.1 Å². The Kier molecular flexibility index (Phi) is 4.47. The smallest absolute Gasteiger partial charge is 0.287 e. The van der Waals surface area contributed by atoms with Gasteiger partial charge in [-0.25, -0.2) is 0 Å². The number of imide groups is 1. The maximum atomic E-state index is 12.1. The van der Waals surface area contributed by atoms with Gasteiger partial charge in [0.1, 0.15) is 32.7 Å². The molecule has 1 aromatic carbocycles. The number of piperazine rings is 1. The fourth-order valence-corrected chi connectivity index (χ4v) is 3.54. The second-order valence-electron chi connectivity index (χ2n) is 6.26. The van der Waals surface area contributed by atoms with Crippen LogP contribution in [0.15, 0.2) is 24.3 Å². The Morgan fingerprint density at radius 1 is 1.14 bits per heavy atom. The fourth-order valence-electron chi connectivity index (χ4n) is 3.42. The monoisotopic (exact) mass is 323 g/mol. The molecule has 2 aliphatic rings. The minimum Gasteiger partial charge on any atom is -0.322 e. The molecule has 0 bridgehead atoms. The minimum atomic E-state index is -0.158. The van der Waals surface area contributed by atoms with Crippen molar-refractivity contribution in [2.75, 3.05) is 33.2 Å². The van der Waals surface area contributed by atoms with E-state index in [9.17, 15) is 9.59 Å². The molecule has 2 fully saturated rings. The van der Waals surface area contributed by atoms with Crippen molar-refractivity contribution in [2.45, 2.75) is 19.0 Å². The number of nitrogens with one attached hydrogen (secondary N) is 2. The number of likely N-dealkylation sites (N-methyl/N-ethyl adjacent to an activating group) is 1. The van der Waals surface area contributed by atoms with Crippen LogP contribution in [0.3, 0.4) is 0 Å². The van der Waals surface area contributed by atoms with Crippen molar-refractivity contribution < 1.29 is 19.4 Å². The topological polar surface area (TPSA) is 46.3 Å². The highest BCUT2D eigenvalue weighted by atomic mass is 35.5. The van der Waals surface area contributed by atoms with Crippen molar-refractivity contribution in [1.82, 2.24) is 4.90 Å². The zero-order valence-corrected chi connectivity index (χ0v) is 13.5. The summed E-state index contributed by atoms with van der Waals surface area (Å²) in [7, 11) is 1.59. The first-order valence-electron chi connectivity index (χ1n) is 7.77. The number of hydrogen-bond acceptors (Lipinski definition) is 2. The van der Waals surface area contributed by atoms with Crippen LogP contribution in [0.2, 0.25) is 5.02 Å². The summed E-state index contributed by atoms with van der Waals surface area (Å²) in [6, 6.07) is 7.84. The molecule has 118 valence electrons. The molecule has 2 aliphatic heterocycles. The van der Waals surface area contributed by atoms with Gasteiger partial charge in [0.15, 0.2) is 6.04 Å². The largest absolute Gasteiger partial charge is 0.322 e. The predicted octanol–water partition coefficient (Wildman–Crippen LogP) is -1.62. The van der Waals surface area contributed by atoms with Crippen LogP contribution >= 0.6 is 11.6 Å². The predicted molar refractivity (Wildman–Crippen MR) is 82.7 cm³/mol. The van der Waals surface area contributed by atoms with E-state index < -0.39 is 0 Å². The first-order valence-corrected chi connectivity index (χ1v) is 8.15. The fraction of sp³-hybridized carbons (Fsp3) is 0.500. The number of quaternary nitrogens is 2. The molecule has 0 saturated carbocycles. The summed E-state index contributed by atoms with van der Waals surface area (Å²) >= 11 is 5.91. The lowest BCUT2D eigenvalue weighted by Gasteiger charge is -2.32. The molecule has 0 radical (unpaired) electrons. The molecule has 0 aliphatic carbocycles. The maximum Gasteiger partial charge on any atom is 0.287 e. The summed E-state index contributed by atoms with van der Waals surface area (Å²) in [6.07, 6.45) is 0.372. The molecule has 2 saturated heterocycles. The molecular formula is C16H22ClN3O2+2. The number of rotatable bonds is 3. The second-order valence-corrected chi connectivity index (χ2v) is 6.70. The first-order chi connectivity index (χ1) is 10.5. The van der Waals surface area contributed by atoms with Gasteiger partial charge >= 0.3 is 0 Å². The molecule has 1 atom stereocenters. The molecule has 3 rings (SSSR count). The van der Waals surface area contributed by atoms with Gasteiger partial charge < -0.3 is 9.80 Å². The highest BCUT2D eigenvalue weighted by Crippen LogP contribution is 2.09. The van der Waals surface area contributed by atoms with Gasteiger partial charge in [0, 0.05) is 17.6 Å². The third kappa shape index (κ3) is 3.16. The number of benzene rings is 1. The van der Waals surface area contributed by atoms with Crippen LogP contribution < -0.4 is 9.80 Å². The Morgan fingerprint density at radius 3 is 2.32 bits per heavy atom. The SMILES string of the molecule is CN1C(=O)C[C@@H]([NH+]2CC[NH+](Cc3ccc(Cl)cc3)CC2)C1=O. The van der Waals surface area contributed by atoms with Crippen molar-refractivity contribution in [3.63, 3.8) is 0 Å². The number of nitrogens with zero attached hydrogens (tertiary/aromatic N) is 1. The number of hydrogen-bond donors (Lipinski definition) is 2. The lowest BCUT2D eigenvalue weighted by Crippen LogP contribution is -3.29. The van der Waals surface area contributed by atoms with E-state index in [1.165, 1.54) is 20.3 Å². The molecule has 0 spiro atoms. The third-order valence-electron chi connectivity index (χ3n) is 4.84. The molecule has 6 heteroatoms. The number of carbonyl (C=O) groups is 2. The van der Waals surface area contributed by atoms with Gasteiger partial charge in [-0.15, -0.1) is 0 Å². The van der Waals surface area contributed by atoms with Crippen molar-refractivity contribution >= 4 is 23.4 Å².